The molecule has 0 aliphatic rings. The van der Waals surface area contributed by atoms with Crippen molar-refractivity contribution in [2.45, 2.75) is 0 Å². The van der Waals surface area contributed by atoms with Crippen molar-refractivity contribution in [3.8, 4) is 67.3 Å². The van der Waals surface area contributed by atoms with Crippen LogP contribution in [0.5, 0.6) is 0 Å². The van der Waals surface area contributed by atoms with Gasteiger partial charge in [-0.15, -0.1) is 0 Å². The molecule has 10 aromatic rings. The molecule has 0 fully saturated rings. The summed E-state index contributed by atoms with van der Waals surface area (Å²) >= 11 is 0. The van der Waals surface area contributed by atoms with Gasteiger partial charge in [-0.05, 0) is 96.0 Å². The van der Waals surface area contributed by atoms with Crippen molar-refractivity contribution in [2.75, 3.05) is 0 Å². The van der Waals surface area contributed by atoms with E-state index in [0.717, 1.165) is 50.3 Å². The third kappa shape index (κ3) is 5.88. The number of rotatable bonds is 6. The Bertz CT molecular complexity index is 2970. The van der Waals surface area contributed by atoms with Crippen LogP contribution in [0.4, 0.5) is 0 Å². The van der Waals surface area contributed by atoms with Gasteiger partial charge in [-0.2, -0.15) is 0 Å². The summed E-state index contributed by atoms with van der Waals surface area (Å²) in [5.74, 6) is 0.685. The van der Waals surface area contributed by atoms with E-state index in [-0.39, 0.29) is 0 Å². The minimum Gasteiger partial charge on any atom is -0.264 e. The lowest BCUT2D eigenvalue weighted by Crippen LogP contribution is -1.96. The molecule has 0 N–H and O–H groups in total. The highest BCUT2D eigenvalue weighted by atomic mass is 14.9. The lowest BCUT2D eigenvalue weighted by molar-refractivity contribution is 1.18. The van der Waals surface area contributed by atoms with Crippen LogP contribution in [-0.2, 0) is 0 Å². The van der Waals surface area contributed by atoms with Gasteiger partial charge >= 0.3 is 0 Å². The van der Waals surface area contributed by atoms with Crippen LogP contribution < -0.4 is 0 Å². The standard InChI is InChI=1S/C51H33N3/c1-2-10-39-29-41(27-20-34(39)9-1)40-12-7-13-43(30-40)50-32-49(37-23-18-35(19-24-37)44-14-8-28-52-33-44)53-51(54-50)38-25-21-36(22-26-38)48-31-42-11-3-4-15-45(42)46-16-5-6-17-47(46)48/h1-33H. The van der Waals surface area contributed by atoms with Crippen molar-refractivity contribution in [3.63, 3.8) is 0 Å². The Morgan fingerprint density at radius 3 is 1.69 bits per heavy atom. The van der Waals surface area contributed by atoms with Crippen LogP contribution in [0.1, 0.15) is 0 Å². The molecule has 8 aromatic carbocycles. The molecule has 0 radical (unpaired) electrons. The Labute approximate surface area is 313 Å². The fourth-order valence-corrected chi connectivity index (χ4v) is 7.56. The molecule has 0 unspecified atom stereocenters. The Morgan fingerprint density at radius 2 is 0.889 bits per heavy atom. The molecular weight excluding hydrogens is 655 g/mol. The maximum atomic E-state index is 5.22. The summed E-state index contributed by atoms with van der Waals surface area (Å²) in [6.45, 7) is 0. The number of fused-ring (bicyclic) bond motifs is 4. The largest absolute Gasteiger partial charge is 0.264 e. The highest BCUT2D eigenvalue weighted by molar-refractivity contribution is 6.13. The van der Waals surface area contributed by atoms with E-state index in [0.29, 0.717) is 5.82 Å². The Morgan fingerprint density at radius 1 is 0.296 bits per heavy atom. The topological polar surface area (TPSA) is 38.7 Å². The highest BCUT2D eigenvalue weighted by Crippen LogP contribution is 2.37. The van der Waals surface area contributed by atoms with Crippen molar-refractivity contribution in [1.82, 2.24) is 15.0 Å². The quantitative estimate of drug-likeness (QED) is 0.163. The fraction of sp³-hybridized carbons (Fsp3) is 0. The van der Waals surface area contributed by atoms with Gasteiger partial charge < -0.3 is 0 Å². The average Bonchev–Trinajstić information content (AvgIpc) is 3.26. The van der Waals surface area contributed by atoms with Gasteiger partial charge in [0.15, 0.2) is 5.82 Å². The van der Waals surface area contributed by atoms with Crippen LogP contribution in [0, 0.1) is 0 Å². The second kappa shape index (κ2) is 13.4. The van der Waals surface area contributed by atoms with Gasteiger partial charge in [0.1, 0.15) is 0 Å². The molecule has 2 heterocycles. The summed E-state index contributed by atoms with van der Waals surface area (Å²) < 4.78 is 0. The zero-order chi connectivity index (χ0) is 35.8. The third-order valence-corrected chi connectivity index (χ3v) is 10.4. The molecule has 0 aliphatic carbocycles. The summed E-state index contributed by atoms with van der Waals surface area (Å²) in [7, 11) is 0. The van der Waals surface area contributed by atoms with E-state index in [1.165, 1.54) is 43.4 Å². The van der Waals surface area contributed by atoms with Crippen LogP contribution in [0.3, 0.4) is 0 Å². The predicted octanol–water partition coefficient (Wildman–Crippen LogP) is 13.3. The van der Waals surface area contributed by atoms with Gasteiger partial charge in [0.2, 0.25) is 0 Å². The van der Waals surface area contributed by atoms with Crippen molar-refractivity contribution in [3.05, 3.63) is 200 Å². The van der Waals surface area contributed by atoms with E-state index in [2.05, 4.69) is 187 Å². The van der Waals surface area contributed by atoms with Crippen LogP contribution in [0.15, 0.2) is 200 Å². The van der Waals surface area contributed by atoms with Crippen LogP contribution in [-0.4, -0.2) is 15.0 Å². The van der Waals surface area contributed by atoms with Crippen LogP contribution in [0.2, 0.25) is 0 Å². The maximum Gasteiger partial charge on any atom is 0.160 e. The number of nitrogens with zero attached hydrogens (tertiary/aromatic N) is 3. The molecule has 0 amide bonds. The molecule has 252 valence electrons. The first-order chi connectivity index (χ1) is 26.7. The second-order valence-corrected chi connectivity index (χ2v) is 13.7. The lowest BCUT2D eigenvalue weighted by Gasteiger charge is -2.13. The minimum absolute atomic E-state index is 0.685. The highest BCUT2D eigenvalue weighted by Gasteiger charge is 2.14. The van der Waals surface area contributed by atoms with Crippen molar-refractivity contribution in [1.29, 1.82) is 0 Å². The van der Waals surface area contributed by atoms with Gasteiger partial charge in [0.05, 0.1) is 11.4 Å². The normalized spacial score (nSPS) is 11.3. The van der Waals surface area contributed by atoms with Crippen molar-refractivity contribution in [2.24, 2.45) is 0 Å². The molecule has 0 saturated heterocycles. The molecule has 3 heteroatoms. The van der Waals surface area contributed by atoms with E-state index in [1.54, 1.807) is 6.20 Å². The maximum absolute atomic E-state index is 5.22. The first-order valence-corrected chi connectivity index (χ1v) is 18.2. The lowest BCUT2D eigenvalue weighted by atomic mass is 9.93. The first-order valence-electron chi connectivity index (χ1n) is 18.2. The van der Waals surface area contributed by atoms with Crippen LogP contribution in [0.25, 0.3) is 99.6 Å². The molecule has 0 spiro atoms. The zero-order valence-electron chi connectivity index (χ0n) is 29.4. The number of aromatic nitrogens is 3. The predicted molar refractivity (Wildman–Crippen MR) is 225 cm³/mol. The molecule has 0 saturated carbocycles. The summed E-state index contributed by atoms with van der Waals surface area (Å²) in [6.07, 6.45) is 3.69. The summed E-state index contributed by atoms with van der Waals surface area (Å²) in [5, 5.41) is 7.46. The smallest absolute Gasteiger partial charge is 0.160 e. The molecule has 54 heavy (non-hydrogen) atoms. The monoisotopic (exact) mass is 687 g/mol. The SMILES string of the molecule is c1cncc(-c2ccc(-c3cc(-c4cccc(-c5ccc6ccccc6c5)c4)nc(-c4ccc(-c5cc6ccccc6c6ccccc56)cc4)n3)cc2)c1. The number of hydrogen-bond acceptors (Lipinski definition) is 3. The van der Waals surface area contributed by atoms with Gasteiger partial charge in [-0.25, -0.2) is 9.97 Å². The van der Waals surface area contributed by atoms with Crippen molar-refractivity contribution < 1.29 is 0 Å². The van der Waals surface area contributed by atoms with Gasteiger partial charge in [0.25, 0.3) is 0 Å². The fourth-order valence-electron chi connectivity index (χ4n) is 7.56. The summed E-state index contributed by atoms with van der Waals surface area (Å²) in [6, 6.07) is 66.8. The van der Waals surface area contributed by atoms with E-state index in [4.69, 9.17) is 9.97 Å². The number of hydrogen-bond donors (Lipinski definition) is 0. The van der Waals surface area contributed by atoms with E-state index < -0.39 is 0 Å². The number of pyridine rings is 1. The third-order valence-electron chi connectivity index (χ3n) is 10.4. The van der Waals surface area contributed by atoms with E-state index in [1.807, 2.05) is 12.3 Å². The summed E-state index contributed by atoms with van der Waals surface area (Å²) in [4.78, 5) is 14.7. The van der Waals surface area contributed by atoms with E-state index >= 15 is 0 Å². The average molecular weight is 688 g/mol. The first kappa shape index (κ1) is 31.5. The van der Waals surface area contributed by atoms with Gasteiger partial charge in [0, 0.05) is 29.1 Å². The second-order valence-electron chi connectivity index (χ2n) is 13.7. The number of benzene rings is 8. The molecule has 0 bridgehead atoms. The molecule has 0 atom stereocenters. The van der Waals surface area contributed by atoms with Gasteiger partial charge in [-0.1, -0.05) is 158 Å². The Hall–Kier alpha value is -7.23. The minimum atomic E-state index is 0.685. The van der Waals surface area contributed by atoms with E-state index in [9.17, 15) is 0 Å². The molecular formula is C51H33N3. The summed E-state index contributed by atoms with van der Waals surface area (Å²) in [5.41, 5.74) is 11.7. The molecule has 3 nitrogen and oxygen atoms in total. The Balaban J connectivity index is 1.08. The van der Waals surface area contributed by atoms with Crippen LogP contribution >= 0.6 is 0 Å². The molecule has 10 rings (SSSR count). The molecule has 2 aromatic heterocycles. The van der Waals surface area contributed by atoms with Gasteiger partial charge in [-0.3, -0.25) is 4.98 Å². The Kier molecular flexibility index (Phi) is 7.81. The molecule has 0 aliphatic heterocycles. The zero-order valence-corrected chi connectivity index (χ0v) is 29.4. The van der Waals surface area contributed by atoms with Crippen molar-refractivity contribution >= 4 is 32.3 Å².